The van der Waals surface area contributed by atoms with E-state index in [1.165, 1.54) is 0 Å². The van der Waals surface area contributed by atoms with Gasteiger partial charge < -0.3 is 9.79 Å². The molecule has 23 heavy (non-hydrogen) atoms. The van der Waals surface area contributed by atoms with Gasteiger partial charge in [-0.05, 0) is 11.1 Å². The highest BCUT2D eigenvalue weighted by Crippen LogP contribution is 2.75. The molecule has 0 fully saturated rings. The highest BCUT2D eigenvalue weighted by Gasteiger charge is 2.35. The average molecular weight is 374 g/mol. The van der Waals surface area contributed by atoms with Gasteiger partial charge in [-0.15, -0.1) is 0 Å². The van der Waals surface area contributed by atoms with E-state index in [4.69, 9.17) is 9.05 Å². The molecule has 2 unspecified atom stereocenters. The fraction of sp³-hybridized carbons (Fsp3) is 0.143. The van der Waals surface area contributed by atoms with Gasteiger partial charge in [-0.25, -0.2) is 9.13 Å². The molecule has 2 atom stereocenters. The Kier molecular flexibility index (Phi) is 6.62. The SMILES string of the molecule is O=P(O)(OCc1ccccc1)SP(=O)(O)OCc1ccccc1. The first-order valence-corrected chi connectivity index (χ1v) is 11.8. The molecule has 0 amide bonds. The largest absolute Gasteiger partial charge is 0.398 e. The van der Waals surface area contributed by atoms with Crippen molar-refractivity contribution >= 4 is 24.6 Å². The average Bonchev–Trinajstić information content (AvgIpc) is 2.52. The Morgan fingerprint density at radius 3 is 1.43 bits per heavy atom. The minimum absolute atomic E-state index is 0.0796. The molecule has 0 aliphatic rings. The summed E-state index contributed by atoms with van der Waals surface area (Å²) in [6.07, 6.45) is 0. The molecule has 0 spiro atoms. The predicted molar refractivity (Wildman–Crippen MR) is 89.7 cm³/mol. The molecule has 0 aromatic heterocycles. The molecule has 0 heterocycles. The summed E-state index contributed by atoms with van der Waals surface area (Å²) in [5.74, 6) is 0. The van der Waals surface area contributed by atoms with E-state index < -0.39 is 13.6 Å². The molecule has 6 nitrogen and oxygen atoms in total. The van der Waals surface area contributed by atoms with Crippen LogP contribution in [0.2, 0.25) is 0 Å². The summed E-state index contributed by atoms with van der Waals surface area (Å²) < 4.78 is 33.5. The summed E-state index contributed by atoms with van der Waals surface area (Å²) in [5.41, 5.74) is 1.36. The maximum atomic E-state index is 11.9. The topological polar surface area (TPSA) is 93.1 Å². The van der Waals surface area contributed by atoms with E-state index in [1.807, 2.05) is 0 Å². The second-order valence-electron chi connectivity index (χ2n) is 4.54. The van der Waals surface area contributed by atoms with E-state index in [-0.39, 0.29) is 24.2 Å². The second-order valence-corrected chi connectivity index (χ2v) is 11.8. The molecular formula is C14H16O6P2S. The van der Waals surface area contributed by atoms with Crippen LogP contribution in [0.4, 0.5) is 0 Å². The molecule has 0 aliphatic heterocycles. The van der Waals surface area contributed by atoms with Crippen LogP contribution < -0.4 is 0 Å². The van der Waals surface area contributed by atoms with E-state index >= 15 is 0 Å². The van der Waals surface area contributed by atoms with Crippen molar-refractivity contribution in [1.82, 2.24) is 0 Å². The van der Waals surface area contributed by atoms with Gasteiger partial charge in [0.2, 0.25) is 0 Å². The molecule has 9 heteroatoms. The number of hydrogen-bond acceptors (Lipinski definition) is 5. The predicted octanol–water partition coefficient (Wildman–Crippen LogP) is 4.35. The number of benzene rings is 2. The van der Waals surface area contributed by atoms with Crippen molar-refractivity contribution in [2.75, 3.05) is 0 Å². The van der Waals surface area contributed by atoms with Gasteiger partial charge in [-0.2, -0.15) is 0 Å². The zero-order valence-corrected chi connectivity index (χ0v) is 14.6. The highest BCUT2D eigenvalue weighted by atomic mass is 33.1. The molecule has 0 bridgehead atoms. The van der Waals surface area contributed by atoms with Crippen molar-refractivity contribution in [1.29, 1.82) is 0 Å². The van der Waals surface area contributed by atoms with Crippen molar-refractivity contribution in [3.8, 4) is 0 Å². The van der Waals surface area contributed by atoms with Gasteiger partial charge >= 0.3 is 13.6 Å². The molecule has 2 N–H and O–H groups in total. The third-order valence-corrected chi connectivity index (χ3v) is 9.59. The summed E-state index contributed by atoms with van der Waals surface area (Å²) in [6, 6.07) is 17.5. The molecule has 124 valence electrons. The zero-order chi connectivity index (χ0) is 16.8. The summed E-state index contributed by atoms with van der Waals surface area (Å²) in [6.45, 7) is -8.92. The van der Waals surface area contributed by atoms with Crippen molar-refractivity contribution in [3.63, 3.8) is 0 Å². The Balaban J connectivity index is 1.87. The van der Waals surface area contributed by atoms with Crippen LogP contribution in [0.25, 0.3) is 0 Å². The summed E-state index contributed by atoms with van der Waals surface area (Å²) in [4.78, 5) is 19.4. The van der Waals surface area contributed by atoms with Gasteiger partial charge in [0, 0.05) is 0 Å². The molecular weight excluding hydrogens is 358 g/mol. The number of hydrogen-bond donors (Lipinski definition) is 2. The van der Waals surface area contributed by atoms with Crippen LogP contribution in [-0.4, -0.2) is 9.79 Å². The summed E-state index contributed by atoms with van der Waals surface area (Å²) in [7, 11) is 0. The van der Waals surface area contributed by atoms with Crippen LogP contribution >= 0.6 is 24.6 Å². The minimum Gasteiger partial charge on any atom is -0.316 e. The van der Waals surface area contributed by atoms with Crippen LogP contribution in [0.5, 0.6) is 0 Å². The maximum Gasteiger partial charge on any atom is 0.398 e. The van der Waals surface area contributed by atoms with Gasteiger partial charge in [0.1, 0.15) is 0 Å². The van der Waals surface area contributed by atoms with Crippen molar-refractivity contribution in [2.45, 2.75) is 13.2 Å². The summed E-state index contributed by atoms with van der Waals surface area (Å²) >= 11 is -0.0796. The lowest BCUT2D eigenvalue weighted by Gasteiger charge is -2.15. The van der Waals surface area contributed by atoms with Crippen LogP contribution in [0.3, 0.4) is 0 Å². The van der Waals surface area contributed by atoms with E-state index in [2.05, 4.69) is 0 Å². The van der Waals surface area contributed by atoms with Crippen LogP contribution in [-0.2, 0) is 31.4 Å². The third kappa shape index (κ3) is 7.02. The highest BCUT2D eigenvalue weighted by molar-refractivity contribution is 8.84. The first-order valence-electron chi connectivity index (χ1n) is 6.60. The number of rotatable bonds is 8. The Morgan fingerprint density at radius 1 is 0.739 bits per heavy atom. The molecule has 0 radical (unpaired) electrons. The Hall–Kier alpha value is -0.910. The lowest BCUT2D eigenvalue weighted by molar-refractivity contribution is 0.262. The van der Waals surface area contributed by atoms with Crippen LogP contribution in [0.1, 0.15) is 11.1 Å². The lowest BCUT2D eigenvalue weighted by Crippen LogP contribution is -1.92. The minimum atomic E-state index is -4.32. The first kappa shape index (κ1) is 18.4. The van der Waals surface area contributed by atoms with Crippen molar-refractivity contribution in [3.05, 3.63) is 71.8 Å². The monoisotopic (exact) mass is 374 g/mol. The third-order valence-electron chi connectivity index (χ3n) is 2.68. The fourth-order valence-corrected chi connectivity index (χ4v) is 7.19. The van der Waals surface area contributed by atoms with Crippen LogP contribution in [0, 0.1) is 0 Å². The Labute approximate surface area is 138 Å². The second kappa shape index (κ2) is 8.27. The molecule has 0 saturated carbocycles. The van der Waals surface area contributed by atoms with E-state index in [1.54, 1.807) is 60.7 Å². The van der Waals surface area contributed by atoms with Gasteiger partial charge in [-0.1, -0.05) is 60.7 Å². The smallest absolute Gasteiger partial charge is 0.316 e. The van der Waals surface area contributed by atoms with E-state index in [0.29, 0.717) is 11.1 Å². The van der Waals surface area contributed by atoms with Crippen molar-refractivity contribution in [2.24, 2.45) is 0 Å². The lowest BCUT2D eigenvalue weighted by atomic mass is 10.2. The van der Waals surface area contributed by atoms with Gasteiger partial charge in [0.05, 0.1) is 24.2 Å². The molecule has 2 aromatic rings. The summed E-state index contributed by atoms with van der Waals surface area (Å²) in [5, 5.41) is 0. The molecule has 2 aromatic carbocycles. The quantitative estimate of drug-likeness (QED) is 0.664. The molecule has 2 rings (SSSR count). The molecule has 0 aliphatic carbocycles. The van der Waals surface area contributed by atoms with Gasteiger partial charge in [-0.3, -0.25) is 9.05 Å². The van der Waals surface area contributed by atoms with Crippen LogP contribution in [0.15, 0.2) is 60.7 Å². The first-order chi connectivity index (χ1) is 10.9. The fourth-order valence-electron chi connectivity index (χ4n) is 1.64. The van der Waals surface area contributed by atoms with Crippen molar-refractivity contribution < 1.29 is 28.0 Å². The van der Waals surface area contributed by atoms with Gasteiger partial charge in [0.15, 0.2) is 0 Å². The standard InChI is InChI=1S/C14H16O6P2S/c15-21(16,19-11-13-7-3-1-4-8-13)23-22(17,18)20-12-14-9-5-2-6-10-14/h1-10H,11-12H2,(H,15,16)(H,17,18). The molecule has 0 saturated heterocycles. The zero-order valence-electron chi connectivity index (χ0n) is 12.0. The normalized spacial score (nSPS) is 16.4. The maximum absolute atomic E-state index is 11.9. The van der Waals surface area contributed by atoms with E-state index in [9.17, 15) is 18.9 Å². The van der Waals surface area contributed by atoms with E-state index in [0.717, 1.165) is 0 Å². The Morgan fingerprint density at radius 2 is 1.09 bits per heavy atom. The van der Waals surface area contributed by atoms with Gasteiger partial charge in [0.25, 0.3) is 0 Å². The Bertz CT molecular complexity index is 648.